The van der Waals surface area contributed by atoms with E-state index in [1.54, 1.807) is 6.20 Å². The molecule has 0 aliphatic carbocycles. The number of rotatable bonds is 6. The quantitative estimate of drug-likeness (QED) is 0.699. The Morgan fingerprint density at radius 1 is 1.44 bits per heavy atom. The molecule has 1 atom stereocenters. The number of piperazine rings is 1. The third-order valence-electron chi connectivity index (χ3n) is 4.69. The van der Waals surface area contributed by atoms with Crippen LogP contribution in [0.4, 0.5) is 5.82 Å². The molecule has 2 aliphatic rings. The number of aromatic nitrogens is 1. The van der Waals surface area contributed by atoms with Gasteiger partial charge in [-0.3, -0.25) is 19.7 Å². The van der Waals surface area contributed by atoms with E-state index < -0.39 is 11.9 Å². The molecular formula is C17H23N5O3. The van der Waals surface area contributed by atoms with Crippen LogP contribution >= 0.6 is 0 Å². The molecule has 3 rings (SSSR count). The summed E-state index contributed by atoms with van der Waals surface area (Å²) in [6.07, 6.45) is 3.22. The Hall–Kier alpha value is -2.48. The van der Waals surface area contributed by atoms with Gasteiger partial charge >= 0.3 is 0 Å². The van der Waals surface area contributed by atoms with Crippen LogP contribution in [0.15, 0.2) is 12.3 Å². The molecule has 0 bridgehead atoms. The summed E-state index contributed by atoms with van der Waals surface area (Å²) in [6.45, 7) is 5.89. The Morgan fingerprint density at radius 2 is 2.20 bits per heavy atom. The number of amides is 3. The number of anilines is 1. The SMILES string of the molecule is CCCC(C(=O)NC=O)N1Cc2cc(N3CCNCC3)ncc2C1=O. The van der Waals surface area contributed by atoms with E-state index in [1.807, 2.05) is 13.0 Å². The lowest BCUT2D eigenvalue weighted by molar-refractivity contribution is -0.129. The minimum atomic E-state index is -0.641. The van der Waals surface area contributed by atoms with Crippen molar-refractivity contribution in [3.63, 3.8) is 0 Å². The molecule has 2 N–H and O–H groups in total. The number of carbonyl (C=O) groups excluding carboxylic acids is 3. The molecule has 2 aliphatic heterocycles. The lowest BCUT2D eigenvalue weighted by Crippen LogP contribution is -2.46. The van der Waals surface area contributed by atoms with Crippen LogP contribution < -0.4 is 15.5 Å². The van der Waals surface area contributed by atoms with E-state index >= 15 is 0 Å². The van der Waals surface area contributed by atoms with Gasteiger partial charge in [-0.05, 0) is 18.1 Å². The van der Waals surface area contributed by atoms with Gasteiger partial charge in [0.2, 0.25) is 12.3 Å². The molecule has 3 amide bonds. The van der Waals surface area contributed by atoms with Crippen LogP contribution in [-0.4, -0.2) is 60.3 Å². The van der Waals surface area contributed by atoms with Crippen LogP contribution in [0.3, 0.4) is 0 Å². The summed E-state index contributed by atoms with van der Waals surface area (Å²) in [5.41, 5.74) is 1.42. The number of imide groups is 1. The predicted octanol–water partition coefficient (Wildman–Crippen LogP) is -0.112. The van der Waals surface area contributed by atoms with Gasteiger partial charge < -0.3 is 15.1 Å². The van der Waals surface area contributed by atoms with Crippen LogP contribution in [0.2, 0.25) is 0 Å². The molecule has 0 radical (unpaired) electrons. The van der Waals surface area contributed by atoms with E-state index in [1.165, 1.54) is 4.90 Å². The highest BCUT2D eigenvalue weighted by Gasteiger charge is 2.36. The summed E-state index contributed by atoms with van der Waals surface area (Å²) in [7, 11) is 0. The van der Waals surface area contributed by atoms with E-state index in [4.69, 9.17) is 0 Å². The van der Waals surface area contributed by atoms with Gasteiger partial charge in [-0.25, -0.2) is 4.98 Å². The van der Waals surface area contributed by atoms with Crippen LogP contribution in [-0.2, 0) is 16.1 Å². The highest BCUT2D eigenvalue weighted by molar-refractivity contribution is 6.02. The fraction of sp³-hybridized carbons (Fsp3) is 0.529. The zero-order valence-corrected chi connectivity index (χ0v) is 14.3. The lowest BCUT2D eigenvalue weighted by atomic mass is 10.1. The zero-order valence-electron chi connectivity index (χ0n) is 14.3. The first kappa shape index (κ1) is 17.3. The summed E-state index contributed by atoms with van der Waals surface area (Å²) < 4.78 is 0. The lowest BCUT2D eigenvalue weighted by Gasteiger charge is -2.28. The molecule has 134 valence electrons. The predicted molar refractivity (Wildman–Crippen MR) is 92.1 cm³/mol. The van der Waals surface area contributed by atoms with Gasteiger partial charge in [-0.2, -0.15) is 0 Å². The Balaban J connectivity index is 1.81. The monoisotopic (exact) mass is 345 g/mol. The summed E-state index contributed by atoms with van der Waals surface area (Å²) in [6, 6.07) is 1.30. The van der Waals surface area contributed by atoms with Crippen LogP contribution in [0.25, 0.3) is 0 Å². The third-order valence-corrected chi connectivity index (χ3v) is 4.69. The Labute approximate surface area is 146 Å². The molecule has 1 aromatic rings. The van der Waals surface area contributed by atoms with E-state index in [-0.39, 0.29) is 5.91 Å². The van der Waals surface area contributed by atoms with Crippen LogP contribution in [0.5, 0.6) is 0 Å². The first-order valence-corrected chi connectivity index (χ1v) is 8.65. The van der Waals surface area contributed by atoms with E-state index in [2.05, 4.69) is 20.5 Å². The smallest absolute Gasteiger partial charge is 0.256 e. The van der Waals surface area contributed by atoms with Crippen molar-refractivity contribution < 1.29 is 14.4 Å². The fourth-order valence-corrected chi connectivity index (χ4v) is 3.39. The highest BCUT2D eigenvalue weighted by Crippen LogP contribution is 2.28. The van der Waals surface area contributed by atoms with Crippen molar-refractivity contribution in [3.05, 3.63) is 23.4 Å². The van der Waals surface area contributed by atoms with Gasteiger partial charge in [-0.1, -0.05) is 13.3 Å². The molecule has 0 saturated carbocycles. The number of fused-ring (bicyclic) bond motifs is 1. The van der Waals surface area contributed by atoms with Gasteiger partial charge in [0.1, 0.15) is 11.9 Å². The standard InChI is InChI=1S/C17H23N5O3/c1-2-3-14(16(24)20-11-23)22-10-12-8-15(19-9-13(12)17(22)25)21-6-4-18-5-7-21/h8-9,11,14,18H,2-7,10H2,1H3,(H,20,23,24). The zero-order chi connectivity index (χ0) is 17.8. The second-order valence-electron chi connectivity index (χ2n) is 6.30. The number of carbonyl (C=O) groups is 3. The number of pyridine rings is 1. The topological polar surface area (TPSA) is 94.6 Å². The first-order chi connectivity index (χ1) is 12.2. The Morgan fingerprint density at radius 3 is 2.88 bits per heavy atom. The molecule has 0 spiro atoms. The van der Waals surface area contributed by atoms with Gasteiger partial charge in [0.15, 0.2) is 0 Å². The van der Waals surface area contributed by atoms with Gasteiger partial charge in [0.25, 0.3) is 5.91 Å². The van der Waals surface area contributed by atoms with E-state index in [9.17, 15) is 14.4 Å². The molecule has 25 heavy (non-hydrogen) atoms. The molecule has 1 saturated heterocycles. The van der Waals surface area contributed by atoms with Crippen molar-refractivity contribution in [1.82, 2.24) is 20.5 Å². The van der Waals surface area contributed by atoms with Crippen molar-refractivity contribution in [2.24, 2.45) is 0 Å². The molecular weight excluding hydrogens is 322 g/mol. The van der Waals surface area contributed by atoms with Crippen molar-refractivity contribution in [1.29, 1.82) is 0 Å². The largest absolute Gasteiger partial charge is 0.354 e. The summed E-state index contributed by atoms with van der Waals surface area (Å²) in [5.74, 6) is 0.224. The average Bonchev–Trinajstić information content (AvgIpc) is 2.96. The molecule has 1 aromatic heterocycles. The van der Waals surface area contributed by atoms with E-state index in [0.29, 0.717) is 24.9 Å². The minimum Gasteiger partial charge on any atom is -0.354 e. The summed E-state index contributed by atoms with van der Waals surface area (Å²) in [4.78, 5) is 43.6. The third kappa shape index (κ3) is 3.48. The molecule has 8 nitrogen and oxygen atoms in total. The number of nitrogens with zero attached hydrogens (tertiary/aromatic N) is 3. The Kier molecular flexibility index (Phi) is 5.28. The molecule has 1 fully saturated rings. The molecule has 1 unspecified atom stereocenters. The van der Waals surface area contributed by atoms with Crippen LogP contribution in [0, 0.1) is 0 Å². The second kappa shape index (κ2) is 7.60. The van der Waals surface area contributed by atoms with Crippen molar-refractivity contribution >= 4 is 24.0 Å². The van der Waals surface area contributed by atoms with Gasteiger partial charge in [0, 0.05) is 38.9 Å². The van der Waals surface area contributed by atoms with Gasteiger partial charge in [-0.15, -0.1) is 0 Å². The second-order valence-corrected chi connectivity index (χ2v) is 6.30. The maximum atomic E-state index is 12.7. The first-order valence-electron chi connectivity index (χ1n) is 8.65. The number of hydrogen-bond donors (Lipinski definition) is 2. The maximum absolute atomic E-state index is 12.7. The minimum absolute atomic E-state index is 0.200. The Bertz CT molecular complexity index is 672. The fourth-order valence-electron chi connectivity index (χ4n) is 3.39. The normalized spacial score (nSPS) is 18.0. The summed E-state index contributed by atoms with van der Waals surface area (Å²) in [5, 5.41) is 5.47. The summed E-state index contributed by atoms with van der Waals surface area (Å²) >= 11 is 0. The maximum Gasteiger partial charge on any atom is 0.256 e. The average molecular weight is 345 g/mol. The molecule has 3 heterocycles. The highest BCUT2D eigenvalue weighted by atomic mass is 16.2. The van der Waals surface area contributed by atoms with Crippen molar-refractivity contribution in [2.75, 3.05) is 31.1 Å². The van der Waals surface area contributed by atoms with Gasteiger partial charge in [0.05, 0.1) is 5.56 Å². The molecule has 0 aromatic carbocycles. The van der Waals surface area contributed by atoms with Crippen LogP contribution in [0.1, 0.15) is 35.7 Å². The number of nitrogens with one attached hydrogen (secondary N) is 2. The van der Waals surface area contributed by atoms with Crippen molar-refractivity contribution in [2.45, 2.75) is 32.4 Å². The molecule has 8 heteroatoms. The number of hydrogen-bond acceptors (Lipinski definition) is 6. The van der Waals surface area contributed by atoms with E-state index in [0.717, 1.165) is 44.0 Å². The van der Waals surface area contributed by atoms with Crippen molar-refractivity contribution in [3.8, 4) is 0 Å².